The van der Waals surface area contributed by atoms with Crippen molar-refractivity contribution in [2.75, 3.05) is 5.43 Å². The lowest BCUT2D eigenvalue weighted by molar-refractivity contribution is 0.874. The highest BCUT2D eigenvalue weighted by molar-refractivity contribution is 5.84. The first kappa shape index (κ1) is 9.71. The van der Waals surface area contributed by atoms with Crippen molar-refractivity contribution >= 4 is 11.4 Å². The normalized spacial score (nSPS) is 11.8. The second-order valence-electron chi connectivity index (χ2n) is 3.26. The number of aromatic nitrogens is 1. The van der Waals surface area contributed by atoms with E-state index in [0.29, 0.717) is 5.92 Å². The summed E-state index contributed by atoms with van der Waals surface area (Å²) < 4.78 is 0. The maximum absolute atomic E-state index is 4.22. The molecule has 0 bridgehead atoms. The van der Waals surface area contributed by atoms with Gasteiger partial charge in [0.1, 0.15) is 0 Å². The van der Waals surface area contributed by atoms with Gasteiger partial charge in [-0.05, 0) is 25.0 Å². The molecule has 1 N–H and O–H groups in total. The van der Waals surface area contributed by atoms with Gasteiger partial charge in [0.05, 0.1) is 11.9 Å². The molecule has 1 heterocycles. The van der Waals surface area contributed by atoms with Crippen LogP contribution >= 0.6 is 0 Å². The summed E-state index contributed by atoms with van der Waals surface area (Å²) in [5.74, 6) is 0.476. The molecule has 0 atom stereocenters. The molecule has 0 aliphatic carbocycles. The number of hydrazone groups is 1. The van der Waals surface area contributed by atoms with Crippen LogP contribution in [-0.4, -0.2) is 10.7 Å². The molecule has 0 saturated heterocycles. The topological polar surface area (TPSA) is 37.3 Å². The van der Waals surface area contributed by atoms with Crippen LogP contribution in [0.25, 0.3) is 0 Å². The third-order valence-corrected chi connectivity index (χ3v) is 1.86. The average Bonchev–Trinajstić information content (AvgIpc) is 2.15. The number of anilines is 1. The van der Waals surface area contributed by atoms with Crippen molar-refractivity contribution in [3.8, 4) is 0 Å². The first-order valence-corrected chi connectivity index (χ1v) is 4.40. The molecule has 1 aromatic rings. The minimum Gasteiger partial charge on any atom is -0.277 e. The van der Waals surface area contributed by atoms with Gasteiger partial charge in [0.2, 0.25) is 0 Å². The van der Waals surface area contributed by atoms with E-state index in [9.17, 15) is 0 Å². The number of hydrogen-bond acceptors (Lipinski definition) is 3. The van der Waals surface area contributed by atoms with Crippen LogP contribution in [0.3, 0.4) is 0 Å². The van der Waals surface area contributed by atoms with Crippen molar-refractivity contribution in [1.29, 1.82) is 0 Å². The van der Waals surface area contributed by atoms with Gasteiger partial charge in [-0.2, -0.15) is 5.10 Å². The maximum Gasteiger partial charge on any atom is 0.0745 e. The number of nitrogens with one attached hydrogen (secondary N) is 1. The van der Waals surface area contributed by atoms with E-state index in [1.54, 1.807) is 12.4 Å². The molecule has 0 amide bonds. The Bertz CT molecular complexity index is 277. The Labute approximate surface area is 78.9 Å². The Morgan fingerprint density at radius 2 is 2.31 bits per heavy atom. The number of nitrogens with zero attached hydrogens (tertiary/aromatic N) is 2. The standard InChI is InChI=1S/C10H15N3/c1-8(2)9(3)12-13-10-5-4-6-11-7-10/h4-8,13H,1-3H3/b12-9+. The van der Waals surface area contributed by atoms with Gasteiger partial charge < -0.3 is 0 Å². The second kappa shape index (κ2) is 4.60. The summed E-state index contributed by atoms with van der Waals surface area (Å²) in [6.07, 6.45) is 3.49. The molecule has 0 saturated carbocycles. The summed E-state index contributed by atoms with van der Waals surface area (Å²) in [4.78, 5) is 3.98. The molecule has 0 unspecified atom stereocenters. The zero-order valence-corrected chi connectivity index (χ0v) is 8.28. The SMILES string of the molecule is C/C(=N\Nc1cccnc1)C(C)C. The lowest BCUT2D eigenvalue weighted by Crippen LogP contribution is -2.04. The van der Waals surface area contributed by atoms with E-state index in [0.717, 1.165) is 11.4 Å². The summed E-state index contributed by atoms with van der Waals surface area (Å²) in [6, 6.07) is 3.81. The Balaban J connectivity index is 2.57. The molecule has 70 valence electrons. The Morgan fingerprint density at radius 3 is 2.85 bits per heavy atom. The lowest BCUT2D eigenvalue weighted by Gasteiger charge is -2.04. The van der Waals surface area contributed by atoms with Crippen molar-refractivity contribution in [3.05, 3.63) is 24.5 Å². The van der Waals surface area contributed by atoms with E-state index >= 15 is 0 Å². The average molecular weight is 177 g/mol. The summed E-state index contributed by atoms with van der Waals surface area (Å²) in [5.41, 5.74) is 4.96. The molecule has 3 nitrogen and oxygen atoms in total. The highest BCUT2D eigenvalue weighted by atomic mass is 15.3. The summed E-state index contributed by atoms with van der Waals surface area (Å²) in [7, 11) is 0. The Kier molecular flexibility index (Phi) is 3.43. The monoisotopic (exact) mass is 177 g/mol. The lowest BCUT2D eigenvalue weighted by atomic mass is 10.1. The zero-order chi connectivity index (χ0) is 9.68. The van der Waals surface area contributed by atoms with Crippen molar-refractivity contribution in [1.82, 2.24) is 4.98 Å². The number of rotatable bonds is 3. The van der Waals surface area contributed by atoms with E-state index < -0.39 is 0 Å². The zero-order valence-electron chi connectivity index (χ0n) is 8.28. The van der Waals surface area contributed by atoms with Crippen molar-refractivity contribution in [2.24, 2.45) is 11.0 Å². The molecule has 0 radical (unpaired) electrons. The van der Waals surface area contributed by atoms with E-state index in [4.69, 9.17) is 0 Å². The summed E-state index contributed by atoms with van der Waals surface area (Å²) >= 11 is 0. The molecule has 0 aliphatic heterocycles. The van der Waals surface area contributed by atoms with Crippen molar-refractivity contribution < 1.29 is 0 Å². The van der Waals surface area contributed by atoms with Crippen LogP contribution in [0, 0.1) is 5.92 Å². The fourth-order valence-electron chi connectivity index (χ4n) is 0.711. The molecule has 13 heavy (non-hydrogen) atoms. The van der Waals surface area contributed by atoms with Gasteiger partial charge in [-0.25, -0.2) is 0 Å². The first-order valence-electron chi connectivity index (χ1n) is 4.40. The number of pyridine rings is 1. The second-order valence-corrected chi connectivity index (χ2v) is 3.26. The predicted octanol–water partition coefficient (Wildman–Crippen LogP) is 2.53. The molecule has 3 heteroatoms. The molecule has 0 spiro atoms. The van der Waals surface area contributed by atoms with Gasteiger partial charge >= 0.3 is 0 Å². The number of hydrogen-bond donors (Lipinski definition) is 1. The quantitative estimate of drug-likeness (QED) is 0.569. The molecule has 0 fully saturated rings. The highest BCUT2D eigenvalue weighted by Crippen LogP contribution is 2.03. The predicted molar refractivity (Wildman–Crippen MR) is 55.8 cm³/mol. The van der Waals surface area contributed by atoms with Crippen LogP contribution in [0.2, 0.25) is 0 Å². The fraction of sp³-hybridized carbons (Fsp3) is 0.400. The largest absolute Gasteiger partial charge is 0.277 e. The molecule has 0 aromatic carbocycles. The van der Waals surface area contributed by atoms with Crippen LogP contribution in [-0.2, 0) is 0 Å². The van der Waals surface area contributed by atoms with E-state index in [1.807, 2.05) is 19.1 Å². The van der Waals surface area contributed by atoms with E-state index in [1.165, 1.54) is 0 Å². The molecular weight excluding hydrogens is 162 g/mol. The Hall–Kier alpha value is -1.38. The van der Waals surface area contributed by atoms with Crippen LogP contribution in [0.15, 0.2) is 29.6 Å². The molecular formula is C10H15N3. The highest BCUT2D eigenvalue weighted by Gasteiger charge is 1.96. The van der Waals surface area contributed by atoms with Crippen molar-refractivity contribution in [3.63, 3.8) is 0 Å². The molecule has 0 aliphatic rings. The minimum atomic E-state index is 0.476. The van der Waals surface area contributed by atoms with Gasteiger partial charge in [0.15, 0.2) is 0 Å². The molecule has 1 rings (SSSR count). The smallest absolute Gasteiger partial charge is 0.0745 e. The van der Waals surface area contributed by atoms with Gasteiger partial charge in [-0.3, -0.25) is 10.4 Å². The Morgan fingerprint density at radius 1 is 1.54 bits per heavy atom. The molecule has 1 aromatic heterocycles. The fourth-order valence-corrected chi connectivity index (χ4v) is 0.711. The van der Waals surface area contributed by atoms with Gasteiger partial charge in [-0.15, -0.1) is 0 Å². The minimum absolute atomic E-state index is 0.476. The van der Waals surface area contributed by atoms with Crippen molar-refractivity contribution in [2.45, 2.75) is 20.8 Å². The van der Waals surface area contributed by atoms with Gasteiger partial charge in [0.25, 0.3) is 0 Å². The first-order chi connectivity index (χ1) is 6.20. The summed E-state index contributed by atoms with van der Waals surface area (Å²) in [5, 5.41) is 4.22. The summed E-state index contributed by atoms with van der Waals surface area (Å²) in [6.45, 7) is 6.24. The van der Waals surface area contributed by atoms with Crippen LogP contribution in [0.5, 0.6) is 0 Å². The van der Waals surface area contributed by atoms with E-state index in [-0.39, 0.29) is 0 Å². The van der Waals surface area contributed by atoms with Gasteiger partial charge in [-0.1, -0.05) is 13.8 Å². The third-order valence-electron chi connectivity index (χ3n) is 1.86. The van der Waals surface area contributed by atoms with Crippen LogP contribution in [0.4, 0.5) is 5.69 Å². The van der Waals surface area contributed by atoms with Gasteiger partial charge in [0, 0.05) is 11.9 Å². The van der Waals surface area contributed by atoms with Crippen LogP contribution < -0.4 is 5.43 Å². The third kappa shape index (κ3) is 3.23. The van der Waals surface area contributed by atoms with E-state index in [2.05, 4.69) is 29.4 Å². The van der Waals surface area contributed by atoms with Crippen LogP contribution in [0.1, 0.15) is 20.8 Å². The maximum atomic E-state index is 4.22.